The molecule has 0 bridgehead atoms. The summed E-state index contributed by atoms with van der Waals surface area (Å²) in [7, 11) is 0. The molecule has 0 aliphatic rings. The van der Waals surface area contributed by atoms with E-state index in [4.69, 9.17) is 4.74 Å². The molecule has 0 heterocycles. The molecule has 63 heavy (non-hydrogen) atoms. The number of carbonyl (C=O) groups excluding carboxylic acids is 2. The smallest absolute Gasteiger partial charge is 0.305 e. The monoisotopic (exact) mass is 886 g/mol. The van der Waals surface area contributed by atoms with Crippen LogP contribution in [-0.4, -0.2) is 47.4 Å². The lowest BCUT2D eigenvalue weighted by molar-refractivity contribution is -0.143. The Balaban J connectivity index is 3.55. The predicted octanol–water partition coefficient (Wildman–Crippen LogP) is 16.9. The van der Waals surface area contributed by atoms with E-state index in [1.807, 2.05) is 6.08 Å². The lowest BCUT2D eigenvalue weighted by atomic mass is 10.0. The van der Waals surface area contributed by atoms with Crippen molar-refractivity contribution in [2.75, 3.05) is 13.2 Å². The Bertz CT molecular complexity index is 1020. The number of rotatable bonds is 51. The third-order valence-corrected chi connectivity index (χ3v) is 12.6. The van der Waals surface area contributed by atoms with Gasteiger partial charge in [-0.15, -0.1) is 0 Å². The van der Waals surface area contributed by atoms with Crippen LogP contribution in [0.4, 0.5) is 0 Å². The molecule has 370 valence electrons. The lowest BCUT2D eigenvalue weighted by Gasteiger charge is -2.20. The number of esters is 1. The van der Waals surface area contributed by atoms with Crippen LogP contribution in [0.25, 0.3) is 0 Å². The van der Waals surface area contributed by atoms with E-state index in [-0.39, 0.29) is 18.5 Å². The molecule has 3 N–H and O–H groups in total. The van der Waals surface area contributed by atoms with Gasteiger partial charge in [0, 0.05) is 12.8 Å². The normalized spacial score (nSPS) is 12.9. The molecule has 2 atom stereocenters. The second-order valence-electron chi connectivity index (χ2n) is 18.9. The fourth-order valence-corrected chi connectivity index (χ4v) is 8.33. The first-order chi connectivity index (χ1) is 31.0. The van der Waals surface area contributed by atoms with E-state index in [1.165, 1.54) is 186 Å². The third-order valence-electron chi connectivity index (χ3n) is 12.6. The van der Waals surface area contributed by atoms with Crippen molar-refractivity contribution in [3.05, 3.63) is 36.5 Å². The Morgan fingerprint density at radius 2 is 0.746 bits per heavy atom. The molecule has 0 radical (unpaired) electrons. The number of nitrogens with one attached hydrogen (secondary N) is 1. The summed E-state index contributed by atoms with van der Waals surface area (Å²) in [6.07, 6.45) is 64.4. The van der Waals surface area contributed by atoms with Crippen LogP contribution in [-0.2, 0) is 14.3 Å². The highest BCUT2D eigenvalue weighted by Crippen LogP contribution is 2.16. The number of hydrogen-bond acceptors (Lipinski definition) is 5. The molecule has 6 nitrogen and oxygen atoms in total. The molecule has 0 aromatic heterocycles. The van der Waals surface area contributed by atoms with E-state index in [2.05, 4.69) is 43.5 Å². The number of aliphatic hydroxyl groups is 2. The largest absolute Gasteiger partial charge is 0.466 e. The summed E-state index contributed by atoms with van der Waals surface area (Å²) < 4.78 is 5.44. The highest BCUT2D eigenvalue weighted by Gasteiger charge is 2.18. The minimum Gasteiger partial charge on any atom is -0.466 e. The Kier molecular flexibility index (Phi) is 51.1. The zero-order valence-electron chi connectivity index (χ0n) is 42.1. The molecule has 0 saturated heterocycles. The van der Waals surface area contributed by atoms with E-state index in [9.17, 15) is 19.8 Å². The predicted molar refractivity (Wildman–Crippen MR) is 273 cm³/mol. The Morgan fingerprint density at radius 3 is 1.13 bits per heavy atom. The molecular weight excluding hydrogens is 779 g/mol. The minimum absolute atomic E-state index is 0.0414. The van der Waals surface area contributed by atoms with Crippen LogP contribution in [0, 0.1) is 0 Å². The minimum atomic E-state index is -0.867. The van der Waals surface area contributed by atoms with Crippen LogP contribution in [0.15, 0.2) is 36.5 Å². The van der Waals surface area contributed by atoms with Gasteiger partial charge in [0.05, 0.1) is 25.4 Å². The van der Waals surface area contributed by atoms with Crippen molar-refractivity contribution in [1.29, 1.82) is 0 Å². The molecule has 0 fully saturated rings. The van der Waals surface area contributed by atoms with Gasteiger partial charge < -0.3 is 20.3 Å². The molecule has 0 rings (SSSR count). The Hall–Kier alpha value is -1.92. The van der Waals surface area contributed by atoms with Crippen molar-refractivity contribution in [2.24, 2.45) is 0 Å². The van der Waals surface area contributed by atoms with Crippen molar-refractivity contribution in [1.82, 2.24) is 5.32 Å². The van der Waals surface area contributed by atoms with Gasteiger partial charge in [0.25, 0.3) is 0 Å². The van der Waals surface area contributed by atoms with Gasteiger partial charge in [-0.1, -0.05) is 230 Å². The van der Waals surface area contributed by atoms with E-state index in [1.54, 1.807) is 6.08 Å². The quantitative estimate of drug-likeness (QED) is 0.0321. The van der Waals surface area contributed by atoms with Crippen LogP contribution in [0.1, 0.15) is 290 Å². The van der Waals surface area contributed by atoms with Crippen LogP contribution in [0.2, 0.25) is 0 Å². The summed E-state index contributed by atoms with van der Waals surface area (Å²) in [6, 6.07) is -0.654. The summed E-state index contributed by atoms with van der Waals surface area (Å²) in [5, 5.41) is 23.1. The van der Waals surface area contributed by atoms with Gasteiger partial charge in [0.2, 0.25) is 5.91 Å². The van der Waals surface area contributed by atoms with Gasteiger partial charge in [-0.3, -0.25) is 9.59 Å². The maximum atomic E-state index is 12.4. The van der Waals surface area contributed by atoms with E-state index >= 15 is 0 Å². The first-order valence-corrected chi connectivity index (χ1v) is 27.8. The number of amides is 1. The molecule has 0 saturated carbocycles. The summed E-state index contributed by atoms with van der Waals surface area (Å²) >= 11 is 0. The molecule has 0 aliphatic carbocycles. The second kappa shape index (κ2) is 52.7. The zero-order chi connectivity index (χ0) is 45.8. The zero-order valence-corrected chi connectivity index (χ0v) is 42.1. The molecule has 1 amide bonds. The fourth-order valence-electron chi connectivity index (χ4n) is 8.33. The topological polar surface area (TPSA) is 95.9 Å². The van der Waals surface area contributed by atoms with Crippen molar-refractivity contribution >= 4 is 11.9 Å². The standard InChI is InChI=1S/C57H107NO5/c1-3-5-7-9-11-13-15-17-19-21-23-25-27-29-33-37-41-45-49-55(60)54(53-59)58-56(61)50-46-42-38-34-31-32-36-40-44-48-52-63-57(62)51-47-43-39-35-30-28-26-24-22-20-18-16-14-12-10-8-6-4-2/h20,22,32,36,45,49,54-55,59-60H,3-19,21,23-31,33-35,37-44,46-48,50-53H2,1-2H3,(H,58,61)/b22-20-,36-32-,49-45+. The highest BCUT2D eigenvalue weighted by molar-refractivity contribution is 5.76. The van der Waals surface area contributed by atoms with Crippen LogP contribution < -0.4 is 5.32 Å². The van der Waals surface area contributed by atoms with Gasteiger partial charge in [-0.25, -0.2) is 0 Å². The average molecular weight is 886 g/mol. The molecule has 2 unspecified atom stereocenters. The lowest BCUT2D eigenvalue weighted by Crippen LogP contribution is -2.45. The SMILES string of the molecule is CCCCCCCCC/C=C\CCCCCCCCCC(=O)OCCCC/C=C\CCCCCCC(=O)NC(CO)C(O)/C=C/CCCCCCCCCCCCCCCCCC. The van der Waals surface area contributed by atoms with Crippen molar-refractivity contribution in [2.45, 2.75) is 302 Å². The molecule has 0 spiro atoms. The van der Waals surface area contributed by atoms with Crippen molar-refractivity contribution < 1.29 is 24.5 Å². The Morgan fingerprint density at radius 1 is 0.429 bits per heavy atom. The van der Waals surface area contributed by atoms with Gasteiger partial charge >= 0.3 is 5.97 Å². The molecule has 0 aromatic carbocycles. The van der Waals surface area contributed by atoms with E-state index < -0.39 is 12.1 Å². The number of carbonyl (C=O) groups is 2. The molecule has 6 heteroatoms. The van der Waals surface area contributed by atoms with Gasteiger partial charge in [-0.05, 0) is 83.5 Å². The molecule has 0 aliphatic heterocycles. The van der Waals surface area contributed by atoms with Crippen molar-refractivity contribution in [3.63, 3.8) is 0 Å². The number of hydrogen-bond donors (Lipinski definition) is 3. The van der Waals surface area contributed by atoms with Crippen LogP contribution in [0.5, 0.6) is 0 Å². The van der Waals surface area contributed by atoms with Crippen molar-refractivity contribution in [3.8, 4) is 0 Å². The third kappa shape index (κ3) is 49.4. The summed E-state index contributed by atoms with van der Waals surface area (Å²) in [5.74, 6) is -0.144. The maximum absolute atomic E-state index is 12.4. The molecular formula is C57H107NO5. The number of unbranched alkanes of at least 4 members (excludes halogenated alkanes) is 36. The molecule has 0 aromatic rings. The summed E-state index contributed by atoms with van der Waals surface area (Å²) in [5.41, 5.74) is 0. The van der Waals surface area contributed by atoms with E-state index in [0.29, 0.717) is 19.4 Å². The summed E-state index contributed by atoms with van der Waals surface area (Å²) in [6.45, 7) is 4.82. The number of aliphatic hydroxyl groups excluding tert-OH is 2. The number of allylic oxidation sites excluding steroid dienone is 5. The Labute approximate surface area is 392 Å². The van der Waals surface area contributed by atoms with Crippen LogP contribution >= 0.6 is 0 Å². The second-order valence-corrected chi connectivity index (χ2v) is 18.9. The first-order valence-electron chi connectivity index (χ1n) is 27.8. The fraction of sp³-hybridized carbons (Fsp3) is 0.860. The van der Waals surface area contributed by atoms with Gasteiger partial charge in [0.1, 0.15) is 0 Å². The first kappa shape index (κ1) is 61.1. The number of ether oxygens (including phenoxy) is 1. The van der Waals surface area contributed by atoms with Gasteiger partial charge in [-0.2, -0.15) is 0 Å². The average Bonchev–Trinajstić information content (AvgIpc) is 3.28. The van der Waals surface area contributed by atoms with Crippen LogP contribution in [0.3, 0.4) is 0 Å². The highest BCUT2D eigenvalue weighted by atomic mass is 16.5. The summed E-state index contributed by atoms with van der Waals surface area (Å²) in [4.78, 5) is 24.5. The maximum Gasteiger partial charge on any atom is 0.305 e. The van der Waals surface area contributed by atoms with Gasteiger partial charge in [0.15, 0.2) is 0 Å². The van der Waals surface area contributed by atoms with E-state index in [0.717, 1.165) is 77.0 Å².